The predicted octanol–water partition coefficient (Wildman–Crippen LogP) is 4.12. The molecule has 2 heterocycles. The van der Waals surface area contributed by atoms with Gasteiger partial charge in [-0.15, -0.1) is 5.10 Å². The highest BCUT2D eigenvalue weighted by molar-refractivity contribution is 5.32. The molecule has 2 aromatic carbocycles. The smallest absolute Gasteiger partial charge is 0.323 e. The van der Waals surface area contributed by atoms with Gasteiger partial charge in [-0.1, -0.05) is 30.3 Å². The maximum Gasteiger partial charge on any atom is 0.323 e. The topological polar surface area (TPSA) is 86.0 Å². The molecule has 0 aliphatic carbocycles. The maximum atomic E-state index is 15.7. The molecule has 0 saturated carbocycles. The zero-order valence-corrected chi connectivity index (χ0v) is 17.9. The summed E-state index contributed by atoms with van der Waals surface area (Å²) < 4.78 is 79.7. The van der Waals surface area contributed by atoms with E-state index in [1.807, 2.05) is 0 Å². The molecule has 0 radical (unpaired) electrons. The van der Waals surface area contributed by atoms with E-state index in [1.165, 1.54) is 0 Å². The summed E-state index contributed by atoms with van der Waals surface area (Å²) in [5.41, 5.74) is -4.70. The van der Waals surface area contributed by atoms with E-state index in [0.717, 1.165) is 35.4 Å². The van der Waals surface area contributed by atoms with Gasteiger partial charge in [-0.05, 0) is 40.3 Å². The second kappa shape index (κ2) is 9.74. The largest absolute Gasteiger partial charge is 0.489 e. The van der Waals surface area contributed by atoms with Crippen LogP contribution in [0.15, 0.2) is 73.2 Å². The fourth-order valence-electron chi connectivity index (χ4n) is 3.46. The third kappa shape index (κ3) is 4.97. The van der Waals surface area contributed by atoms with Crippen molar-refractivity contribution in [3.63, 3.8) is 0 Å². The normalized spacial score (nSPS) is 14.3. The molecule has 12 heteroatoms. The number of tetrazole rings is 1. The van der Waals surface area contributed by atoms with Crippen LogP contribution in [0.4, 0.5) is 22.0 Å². The van der Waals surface area contributed by atoms with Crippen molar-refractivity contribution >= 4 is 0 Å². The zero-order chi connectivity index (χ0) is 25.1. The predicted molar refractivity (Wildman–Crippen MR) is 112 cm³/mol. The van der Waals surface area contributed by atoms with E-state index < -0.39 is 47.1 Å². The SMILES string of the molecule is OC(Cn1cnnn1)(c1ccc(F)cc1F)C(F)(F)c1ccc(OCC(F)c2ccccc2)cn1. The molecular weight excluding hydrogens is 473 g/mol. The van der Waals surface area contributed by atoms with Crippen LogP contribution in [-0.2, 0) is 18.1 Å². The Morgan fingerprint density at radius 2 is 1.80 bits per heavy atom. The number of halogens is 5. The van der Waals surface area contributed by atoms with Crippen LogP contribution in [-0.4, -0.2) is 36.9 Å². The lowest BCUT2D eigenvalue weighted by Gasteiger charge is -2.35. The lowest BCUT2D eigenvalue weighted by atomic mass is 9.84. The Morgan fingerprint density at radius 3 is 2.43 bits per heavy atom. The van der Waals surface area contributed by atoms with Crippen molar-refractivity contribution in [2.45, 2.75) is 24.2 Å². The van der Waals surface area contributed by atoms with Crippen LogP contribution in [0.3, 0.4) is 0 Å². The van der Waals surface area contributed by atoms with Crippen LogP contribution in [0.25, 0.3) is 0 Å². The molecule has 0 bridgehead atoms. The van der Waals surface area contributed by atoms with Crippen molar-refractivity contribution < 1.29 is 31.8 Å². The first-order valence-corrected chi connectivity index (χ1v) is 10.3. The first kappa shape index (κ1) is 24.2. The number of benzene rings is 2. The highest BCUT2D eigenvalue weighted by atomic mass is 19.3. The van der Waals surface area contributed by atoms with E-state index in [1.54, 1.807) is 30.3 Å². The first-order chi connectivity index (χ1) is 16.7. The molecule has 0 aliphatic rings. The summed E-state index contributed by atoms with van der Waals surface area (Å²) in [6.07, 6.45) is 0.423. The van der Waals surface area contributed by atoms with Gasteiger partial charge in [0.05, 0.1) is 12.7 Å². The minimum Gasteiger partial charge on any atom is -0.489 e. The van der Waals surface area contributed by atoms with Gasteiger partial charge in [0.1, 0.15) is 36.0 Å². The molecule has 0 amide bonds. The second-order valence-corrected chi connectivity index (χ2v) is 7.63. The number of rotatable bonds is 9. The van der Waals surface area contributed by atoms with Gasteiger partial charge in [-0.2, -0.15) is 8.78 Å². The summed E-state index contributed by atoms with van der Waals surface area (Å²) in [5, 5.41) is 21.2. The highest BCUT2D eigenvalue weighted by Gasteiger charge is 2.58. The highest BCUT2D eigenvalue weighted by Crippen LogP contribution is 2.46. The van der Waals surface area contributed by atoms with Crippen LogP contribution in [0.5, 0.6) is 5.75 Å². The van der Waals surface area contributed by atoms with Gasteiger partial charge in [-0.3, -0.25) is 4.98 Å². The molecule has 0 spiro atoms. The molecule has 2 atom stereocenters. The molecule has 0 saturated heterocycles. The molecule has 2 unspecified atom stereocenters. The summed E-state index contributed by atoms with van der Waals surface area (Å²) in [7, 11) is 0. The van der Waals surface area contributed by atoms with Crippen molar-refractivity contribution in [3.05, 3.63) is 102 Å². The van der Waals surface area contributed by atoms with Gasteiger partial charge in [0.2, 0.25) is 0 Å². The molecule has 2 aromatic heterocycles. The van der Waals surface area contributed by atoms with Crippen LogP contribution in [0, 0.1) is 11.6 Å². The Balaban J connectivity index is 1.60. The fraction of sp³-hybridized carbons (Fsp3) is 0.217. The summed E-state index contributed by atoms with van der Waals surface area (Å²) in [4.78, 5) is 3.65. The Labute approximate surface area is 195 Å². The van der Waals surface area contributed by atoms with Crippen LogP contribution in [0.1, 0.15) is 23.0 Å². The Hall–Kier alpha value is -3.93. The van der Waals surface area contributed by atoms with Crippen molar-refractivity contribution in [1.29, 1.82) is 0 Å². The van der Waals surface area contributed by atoms with Crippen molar-refractivity contribution in [3.8, 4) is 5.75 Å². The summed E-state index contributed by atoms with van der Waals surface area (Å²) in [5.74, 6) is -6.61. The average Bonchev–Trinajstić information content (AvgIpc) is 3.36. The molecule has 7 nitrogen and oxygen atoms in total. The van der Waals surface area contributed by atoms with E-state index in [0.29, 0.717) is 17.7 Å². The number of pyridine rings is 1. The van der Waals surface area contributed by atoms with Gasteiger partial charge >= 0.3 is 5.92 Å². The number of nitrogens with zero attached hydrogens (tertiary/aromatic N) is 5. The Bertz CT molecular complexity index is 1260. The van der Waals surface area contributed by atoms with Crippen molar-refractivity contribution in [1.82, 2.24) is 25.2 Å². The lowest BCUT2D eigenvalue weighted by Crippen LogP contribution is -2.48. The number of ether oxygens (including phenoxy) is 1. The molecule has 4 rings (SSSR count). The van der Waals surface area contributed by atoms with Gasteiger partial charge in [0.15, 0.2) is 11.8 Å². The quantitative estimate of drug-likeness (QED) is 0.355. The molecule has 35 heavy (non-hydrogen) atoms. The molecule has 0 fully saturated rings. The molecule has 0 aliphatic heterocycles. The third-order valence-electron chi connectivity index (χ3n) is 5.29. The Morgan fingerprint density at radius 1 is 1.03 bits per heavy atom. The second-order valence-electron chi connectivity index (χ2n) is 7.63. The number of hydrogen-bond donors (Lipinski definition) is 1. The zero-order valence-electron chi connectivity index (χ0n) is 17.9. The van der Waals surface area contributed by atoms with Crippen LogP contribution < -0.4 is 4.74 Å². The van der Waals surface area contributed by atoms with E-state index in [9.17, 15) is 18.3 Å². The van der Waals surface area contributed by atoms with Crippen LogP contribution >= 0.6 is 0 Å². The summed E-state index contributed by atoms with van der Waals surface area (Å²) in [6, 6.07) is 12.0. The Kier molecular flexibility index (Phi) is 6.74. The van der Waals surface area contributed by atoms with E-state index >= 15 is 8.78 Å². The molecular formula is C23H18F5N5O2. The fourth-order valence-corrected chi connectivity index (χ4v) is 3.46. The monoisotopic (exact) mass is 491 g/mol. The van der Waals surface area contributed by atoms with Gasteiger partial charge in [0.25, 0.3) is 0 Å². The minimum atomic E-state index is -4.21. The lowest BCUT2D eigenvalue weighted by molar-refractivity contribution is -0.207. The number of alkyl halides is 3. The first-order valence-electron chi connectivity index (χ1n) is 10.3. The number of hydrogen-bond acceptors (Lipinski definition) is 6. The summed E-state index contributed by atoms with van der Waals surface area (Å²) >= 11 is 0. The van der Waals surface area contributed by atoms with Crippen molar-refractivity contribution in [2.24, 2.45) is 0 Å². The average molecular weight is 491 g/mol. The summed E-state index contributed by atoms with van der Waals surface area (Å²) in [6.45, 7) is -1.36. The van der Waals surface area contributed by atoms with Crippen LogP contribution in [0.2, 0.25) is 0 Å². The van der Waals surface area contributed by atoms with E-state index in [2.05, 4.69) is 20.5 Å². The van der Waals surface area contributed by atoms with E-state index in [-0.39, 0.29) is 12.4 Å². The van der Waals surface area contributed by atoms with Gasteiger partial charge < -0.3 is 9.84 Å². The molecule has 4 aromatic rings. The maximum absolute atomic E-state index is 15.7. The van der Waals surface area contributed by atoms with Gasteiger partial charge in [-0.25, -0.2) is 17.9 Å². The van der Waals surface area contributed by atoms with Crippen molar-refractivity contribution in [2.75, 3.05) is 6.61 Å². The van der Waals surface area contributed by atoms with E-state index in [4.69, 9.17) is 4.74 Å². The number of aliphatic hydroxyl groups is 1. The third-order valence-corrected chi connectivity index (χ3v) is 5.29. The molecule has 1 N–H and O–H groups in total. The number of aromatic nitrogens is 5. The standard InChI is InChI=1S/C23H18F5N5O2/c24-16-6-8-18(19(25)10-16)22(34,13-33-14-30-31-32-33)23(27,28)21-9-7-17(11-29-21)35-12-20(26)15-4-2-1-3-5-15/h1-11,14,20,34H,12-13H2. The van der Waals surface area contributed by atoms with Gasteiger partial charge in [0, 0.05) is 11.6 Å². The molecule has 182 valence electrons. The minimum absolute atomic E-state index is 0.000102.